The fourth-order valence-electron chi connectivity index (χ4n) is 2.57. The maximum Gasteiger partial charge on any atom is 0.0950 e. The van der Waals surface area contributed by atoms with E-state index in [1.165, 1.54) is 12.8 Å². The van der Waals surface area contributed by atoms with Crippen molar-refractivity contribution in [1.82, 2.24) is 14.5 Å². The van der Waals surface area contributed by atoms with Gasteiger partial charge in [0.15, 0.2) is 0 Å². The summed E-state index contributed by atoms with van der Waals surface area (Å²) in [7, 11) is 0. The highest BCUT2D eigenvalue weighted by Crippen LogP contribution is 2.15. The first kappa shape index (κ1) is 14.5. The van der Waals surface area contributed by atoms with Crippen LogP contribution in [-0.2, 0) is 17.8 Å². The molecular weight excluding hydrogens is 240 g/mol. The van der Waals surface area contributed by atoms with E-state index >= 15 is 0 Å². The van der Waals surface area contributed by atoms with Gasteiger partial charge in [-0.3, -0.25) is 4.90 Å². The predicted octanol–water partition coefficient (Wildman–Crippen LogP) is 1.23. The fourth-order valence-corrected chi connectivity index (χ4v) is 2.57. The Hall–Kier alpha value is -0.910. The van der Waals surface area contributed by atoms with Crippen LogP contribution < -0.4 is 5.73 Å². The summed E-state index contributed by atoms with van der Waals surface area (Å²) in [4.78, 5) is 6.88. The van der Waals surface area contributed by atoms with Crippen LogP contribution in [0.2, 0.25) is 0 Å². The number of ether oxygens (including phenoxy) is 1. The molecule has 5 nitrogen and oxygen atoms in total. The van der Waals surface area contributed by atoms with Gasteiger partial charge in [0.25, 0.3) is 0 Å². The van der Waals surface area contributed by atoms with Gasteiger partial charge in [-0.1, -0.05) is 6.92 Å². The monoisotopic (exact) mass is 266 g/mol. The first-order valence-corrected chi connectivity index (χ1v) is 7.36. The molecule has 0 amide bonds. The first-order valence-electron chi connectivity index (χ1n) is 7.36. The van der Waals surface area contributed by atoms with E-state index < -0.39 is 0 Å². The van der Waals surface area contributed by atoms with E-state index in [2.05, 4.69) is 27.6 Å². The van der Waals surface area contributed by atoms with Crippen molar-refractivity contribution in [1.29, 1.82) is 0 Å². The molecule has 19 heavy (non-hydrogen) atoms. The molecule has 1 aliphatic heterocycles. The van der Waals surface area contributed by atoms with Gasteiger partial charge in [0.1, 0.15) is 0 Å². The molecule has 0 spiro atoms. The molecule has 1 saturated heterocycles. The Kier molecular flexibility index (Phi) is 5.82. The zero-order chi connectivity index (χ0) is 13.5. The van der Waals surface area contributed by atoms with E-state index in [9.17, 15) is 0 Å². The van der Waals surface area contributed by atoms with Gasteiger partial charge in [0, 0.05) is 39.0 Å². The maximum absolute atomic E-state index is 5.86. The smallest absolute Gasteiger partial charge is 0.0950 e. The molecule has 108 valence electrons. The Morgan fingerprint density at radius 1 is 1.53 bits per heavy atom. The van der Waals surface area contributed by atoms with E-state index in [0.29, 0.717) is 12.6 Å². The normalized spacial score (nSPS) is 20.8. The Bertz CT molecular complexity index is 366. The highest BCUT2D eigenvalue weighted by molar-refractivity contribution is 4.97. The van der Waals surface area contributed by atoms with Crippen molar-refractivity contribution in [2.24, 2.45) is 5.73 Å². The second-order valence-corrected chi connectivity index (χ2v) is 5.26. The zero-order valence-electron chi connectivity index (χ0n) is 11.9. The minimum atomic E-state index is 0.403. The molecule has 2 rings (SSSR count). The third kappa shape index (κ3) is 4.60. The number of likely N-dealkylation sites (tertiary alicyclic amines) is 1. The largest absolute Gasteiger partial charge is 0.377 e. The Morgan fingerprint density at radius 2 is 2.42 bits per heavy atom. The van der Waals surface area contributed by atoms with Gasteiger partial charge in [0.2, 0.25) is 0 Å². The second-order valence-electron chi connectivity index (χ2n) is 5.26. The third-order valence-electron chi connectivity index (χ3n) is 3.48. The minimum Gasteiger partial charge on any atom is -0.377 e. The van der Waals surface area contributed by atoms with Crippen LogP contribution >= 0.6 is 0 Å². The number of aromatic nitrogens is 2. The van der Waals surface area contributed by atoms with E-state index in [1.807, 2.05) is 6.33 Å². The summed E-state index contributed by atoms with van der Waals surface area (Å²) in [5.74, 6) is 0. The SMILES string of the molecule is CCCOC1CCCN(Cc2cn(CCN)cn2)C1. The van der Waals surface area contributed by atoms with Crippen LogP contribution in [0.1, 0.15) is 31.9 Å². The summed E-state index contributed by atoms with van der Waals surface area (Å²) in [6, 6.07) is 0. The standard InChI is InChI=1S/C14H26N4O/c1-2-8-19-14-4-3-6-17(11-14)9-13-10-18(7-5-15)12-16-13/h10,12,14H,2-9,11,15H2,1H3. The van der Waals surface area contributed by atoms with Crippen molar-refractivity contribution >= 4 is 0 Å². The summed E-state index contributed by atoms with van der Waals surface area (Å²) in [5.41, 5.74) is 6.67. The minimum absolute atomic E-state index is 0.403. The molecule has 1 fully saturated rings. The molecule has 5 heteroatoms. The summed E-state index contributed by atoms with van der Waals surface area (Å²) in [6.45, 7) is 7.64. The molecule has 0 saturated carbocycles. The Balaban J connectivity index is 1.80. The highest BCUT2D eigenvalue weighted by atomic mass is 16.5. The van der Waals surface area contributed by atoms with Gasteiger partial charge in [-0.25, -0.2) is 4.98 Å². The van der Waals surface area contributed by atoms with Gasteiger partial charge in [-0.05, 0) is 25.8 Å². The highest BCUT2D eigenvalue weighted by Gasteiger charge is 2.20. The van der Waals surface area contributed by atoms with Crippen LogP contribution in [0, 0.1) is 0 Å². The number of hydrogen-bond acceptors (Lipinski definition) is 4. The number of nitrogens with zero attached hydrogens (tertiary/aromatic N) is 3. The van der Waals surface area contributed by atoms with Crippen LogP contribution in [0.3, 0.4) is 0 Å². The van der Waals surface area contributed by atoms with E-state index in [1.54, 1.807) is 0 Å². The van der Waals surface area contributed by atoms with Gasteiger partial charge < -0.3 is 15.0 Å². The molecule has 1 aromatic heterocycles. The summed E-state index contributed by atoms with van der Waals surface area (Å²) in [6.07, 6.45) is 7.89. The first-order chi connectivity index (χ1) is 9.31. The molecule has 1 unspecified atom stereocenters. The molecule has 0 bridgehead atoms. The maximum atomic E-state index is 5.86. The van der Waals surface area contributed by atoms with Gasteiger partial charge in [-0.15, -0.1) is 0 Å². The lowest BCUT2D eigenvalue weighted by Crippen LogP contribution is -2.39. The number of hydrogen-bond donors (Lipinski definition) is 1. The van der Waals surface area contributed by atoms with E-state index in [-0.39, 0.29) is 0 Å². The average molecular weight is 266 g/mol. The van der Waals surface area contributed by atoms with Crippen LogP contribution in [0.25, 0.3) is 0 Å². The summed E-state index contributed by atoms with van der Waals surface area (Å²) >= 11 is 0. The third-order valence-corrected chi connectivity index (χ3v) is 3.48. The van der Waals surface area contributed by atoms with Gasteiger partial charge in [0.05, 0.1) is 18.1 Å². The molecule has 2 heterocycles. The zero-order valence-corrected chi connectivity index (χ0v) is 11.9. The Morgan fingerprint density at radius 3 is 3.21 bits per heavy atom. The van der Waals surface area contributed by atoms with Crippen molar-refractivity contribution < 1.29 is 4.74 Å². The van der Waals surface area contributed by atoms with Crippen LogP contribution in [0.5, 0.6) is 0 Å². The average Bonchev–Trinajstić information content (AvgIpc) is 2.85. The predicted molar refractivity (Wildman–Crippen MR) is 75.8 cm³/mol. The van der Waals surface area contributed by atoms with Crippen molar-refractivity contribution in [2.45, 2.75) is 45.4 Å². The molecule has 0 aliphatic carbocycles. The number of piperidine rings is 1. The topological polar surface area (TPSA) is 56.3 Å². The van der Waals surface area contributed by atoms with Crippen molar-refractivity contribution in [3.63, 3.8) is 0 Å². The van der Waals surface area contributed by atoms with Gasteiger partial charge in [-0.2, -0.15) is 0 Å². The van der Waals surface area contributed by atoms with Crippen LogP contribution in [-0.4, -0.2) is 46.8 Å². The van der Waals surface area contributed by atoms with Crippen LogP contribution in [0.4, 0.5) is 0 Å². The number of rotatable bonds is 7. The molecule has 1 aromatic rings. The molecule has 1 atom stereocenters. The molecule has 0 aromatic carbocycles. The van der Waals surface area contributed by atoms with Crippen LogP contribution in [0.15, 0.2) is 12.5 Å². The lowest BCUT2D eigenvalue weighted by molar-refractivity contribution is -0.00250. The second kappa shape index (κ2) is 7.62. The lowest BCUT2D eigenvalue weighted by Gasteiger charge is -2.32. The molecule has 0 radical (unpaired) electrons. The van der Waals surface area contributed by atoms with Crippen molar-refractivity contribution in [3.05, 3.63) is 18.2 Å². The molecule has 2 N–H and O–H groups in total. The van der Waals surface area contributed by atoms with Crippen molar-refractivity contribution in [2.75, 3.05) is 26.2 Å². The van der Waals surface area contributed by atoms with E-state index in [4.69, 9.17) is 10.5 Å². The summed E-state index contributed by atoms with van der Waals surface area (Å²) in [5, 5.41) is 0. The molecular formula is C14H26N4O. The quantitative estimate of drug-likeness (QED) is 0.806. The van der Waals surface area contributed by atoms with Crippen molar-refractivity contribution in [3.8, 4) is 0 Å². The number of nitrogens with two attached hydrogens (primary N) is 1. The molecule has 1 aliphatic rings. The number of imidazole rings is 1. The fraction of sp³-hybridized carbons (Fsp3) is 0.786. The Labute approximate surface area is 115 Å². The van der Waals surface area contributed by atoms with Gasteiger partial charge >= 0.3 is 0 Å². The lowest BCUT2D eigenvalue weighted by atomic mass is 10.1. The summed E-state index contributed by atoms with van der Waals surface area (Å²) < 4.78 is 7.92. The van der Waals surface area contributed by atoms with E-state index in [0.717, 1.165) is 44.9 Å².